The van der Waals surface area contributed by atoms with E-state index in [9.17, 15) is 5.11 Å². The summed E-state index contributed by atoms with van der Waals surface area (Å²) in [5, 5.41) is 10.5. The minimum atomic E-state index is -0.502. The topological polar surface area (TPSA) is 62.0 Å². The molecule has 27 heavy (non-hydrogen) atoms. The minimum absolute atomic E-state index is 0.232. The Bertz CT molecular complexity index is 670. The molecular formula is C22H31N3O2. The molecule has 5 heteroatoms. The molecular weight excluding hydrogens is 338 g/mol. The molecule has 1 heterocycles. The first-order valence-corrected chi connectivity index (χ1v) is 9.69. The van der Waals surface area contributed by atoms with Crippen LogP contribution in [0.4, 0.5) is 0 Å². The fraction of sp³-hybridized carbons (Fsp3) is 0.455. The van der Waals surface area contributed by atoms with Gasteiger partial charge >= 0.3 is 0 Å². The highest BCUT2D eigenvalue weighted by Crippen LogP contribution is 2.14. The third kappa shape index (κ3) is 6.04. The van der Waals surface area contributed by atoms with E-state index >= 15 is 0 Å². The Morgan fingerprint density at radius 1 is 0.926 bits per heavy atom. The van der Waals surface area contributed by atoms with E-state index in [1.165, 1.54) is 11.1 Å². The number of hydrogen-bond donors (Lipinski definition) is 2. The molecule has 2 atom stereocenters. The highest BCUT2D eigenvalue weighted by atomic mass is 16.5. The number of ether oxygens (including phenoxy) is 1. The summed E-state index contributed by atoms with van der Waals surface area (Å²) in [7, 11) is 1.69. The van der Waals surface area contributed by atoms with E-state index in [0.717, 1.165) is 38.5 Å². The van der Waals surface area contributed by atoms with Crippen molar-refractivity contribution in [1.82, 2.24) is 9.80 Å². The molecule has 0 radical (unpaired) electrons. The highest BCUT2D eigenvalue weighted by molar-refractivity contribution is 5.27. The van der Waals surface area contributed by atoms with Crippen molar-refractivity contribution in [2.24, 2.45) is 5.73 Å². The highest BCUT2D eigenvalue weighted by Gasteiger charge is 2.22. The average Bonchev–Trinajstić information content (AvgIpc) is 2.71. The third-order valence-electron chi connectivity index (χ3n) is 5.28. The molecule has 0 amide bonds. The average molecular weight is 370 g/mol. The van der Waals surface area contributed by atoms with Crippen molar-refractivity contribution in [3.63, 3.8) is 0 Å². The van der Waals surface area contributed by atoms with Crippen LogP contribution in [0.3, 0.4) is 0 Å². The number of piperazine rings is 1. The molecule has 0 aliphatic carbocycles. The van der Waals surface area contributed by atoms with Gasteiger partial charge in [-0.05, 0) is 29.7 Å². The van der Waals surface area contributed by atoms with E-state index in [-0.39, 0.29) is 6.04 Å². The zero-order valence-corrected chi connectivity index (χ0v) is 16.1. The Labute approximate surface area is 162 Å². The van der Waals surface area contributed by atoms with Crippen LogP contribution in [-0.4, -0.2) is 66.9 Å². The lowest BCUT2D eigenvalue weighted by Gasteiger charge is -2.36. The summed E-state index contributed by atoms with van der Waals surface area (Å²) in [5.41, 5.74) is 8.70. The van der Waals surface area contributed by atoms with Crippen LogP contribution >= 0.6 is 0 Å². The molecule has 0 aromatic heterocycles. The van der Waals surface area contributed by atoms with E-state index in [0.29, 0.717) is 13.0 Å². The van der Waals surface area contributed by atoms with Gasteiger partial charge in [0, 0.05) is 45.3 Å². The second kappa shape index (κ2) is 9.85. The van der Waals surface area contributed by atoms with Gasteiger partial charge in [0.05, 0.1) is 13.2 Å². The van der Waals surface area contributed by atoms with Crippen LogP contribution in [0.2, 0.25) is 0 Å². The number of rotatable bonds is 8. The van der Waals surface area contributed by atoms with Crippen molar-refractivity contribution >= 4 is 0 Å². The third-order valence-corrected chi connectivity index (χ3v) is 5.28. The minimum Gasteiger partial charge on any atom is -0.497 e. The number of benzene rings is 2. The Balaban J connectivity index is 1.40. The lowest BCUT2D eigenvalue weighted by atomic mass is 10.0. The summed E-state index contributed by atoms with van der Waals surface area (Å²) >= 11 is 0. The zero-order chi connectivity index (χ0) is 19.1. The lowest BCUT2D eigenvalue weighted by molar-refractivity contribution is 0.0579. The second-order valence-corrected chi connectivity index (χ2v) is 7.35. The molecule has 0 saturated carbocycles. The van der Waals surface area contributed by atoms with Crippen LogP contribution in [0.15, 0.2) is 54.6 Å². The predicted molar refractivity (Wildman–Crippen MR) is 109 cm³/mol. The normalized spacial score (nSPS) is 18.2. The van der Waals surface area contributed by atoms with Gasteiger partial charge in [-0.3, -0.25) is 9.80 Å². The molecule has 0 unspecified atom stereocenters. The summed E-state index contributed by atoms with van der Waals surface area (Å²) in [6.07, 6.45) is 0.206. The monoisotopic (exact) mass is 369 g/mol. The summed E-state index contributed by atoms with van der Waals surface area (Å²) in [6.45, 7) is 5.54. The quantitative estimate of drug-likeness (QED) is 0.742. The summed E-state index contributed by atoms with van der Waals surface area (Å²) in [4.78, 5) is 4.77. The maximum atomic E-state index is 10.5. The fourth-order valence-corrected chi connectivity index (χ4v) is 3.54. The molecule has 3 rings (SSSR count). The molecule has 1 aliphatic rings. The van der Waals surface area contributed by atoms with Gasteiger partial charge in [0.15, 0.2) is 0 Å². The van der Waals surface area contributed by atoms with Crippen molar-refractivity contribution < 1.29 is 9.84 Å². The van der Waals surface area contributed by atoms with Crippen LogP contribution in [0.1, 0.15) is 11.1 Å². The van der Waals surface area contributed by atoms with Gasteiger partial charge in [-0.2, -0.15) is 0 Å². The Kier molecular flexibility index (Phi) is 7.24. The molecule has 2 aromatic carbocycles. The number of methoxy groups -OCH3 is 1. The van der Waals surface area contributed by atoms with Crippen LogP contribution in [0.25, 0.3) is 0 Å². The van der Waals surface area contributed by atoms with Gasteiger partial charge in [0.1, 0.15) is 5.75 Å². The SMILES string of the molecule is COc1ccc(CN2CCN(C[C@@H](O)[C@@H](N)Cc3ccccc3)CC2)cc1. The van der Waals surface area contributed by atoms with E-state index in [1.807, 2.05) is 30.3 Å². The molecule has 0 spiro atoms. The number of aliphatic hydroxyl groups excluding tert-OH is 1. The standard InChI is InChI=1S/C22H31N3O2/c1-27-20-9-7-19(8-10-20)16-24-11-13-25(14-12-24)17-22(26)21(23)15-18-5-3-2-4-6-18/h2-10,21-22,26H,11-17,23H2,1H3/t21-,22+/m0/s1. The largest absolute Gasteiger partial charge is 0.497 e. The fourth-order valence-electron chi connectivity index (χ4n) is 3.54. The Hall–Kier alpha value is -1.92. The smallest absolute Gasteiger partial charge is 0.118 e. The molecule has 146 valence electrons. The van der Waals surface area contributed by atoms with Crippen LogP contribution in [0, 0.1) is 0 Å². The van der Waals surface area contributed by atoms with E-state index < -0.39 is 6.10 Å². The van der Waals surface area contributed by atoms with Crippen LogP contribution in [-0.2, 0) is 13.0 Å². The van der Waals surface area contributed by atoms with Crippen molar-refractivity contribution in [3.8, 4) is 5.75 Å². The van der Waals surface area contributed by atoms with Gasteiger partial charge in [0.25, 0.3) is 0 Å². The number of β-amino-alcohol motifs (C(OH)–C–C–N with tert-alkyl or cyclic N) is 1. The zero-order valence-electron chi connectivity index (χ0n) is 16.1. The van der Waals surface area contributed by atoms with E-state index in [1.54, 1.807) is 7.11 Å². The molecule has 0 bridgehead atoms. The molecule has 1 saturated heterocycles. The summed E-state index contributed by atoms with van der Waals surface area (Å²) in [5.74, 6) is 0.893. The van der Waals surface area contributed by atoms with Gasteiger partial charge < -0.3 is 15.6 Å². The Morgan fingerprint density at radius 3 is 2.19 bits per heavy atom. The van der Waals surface area contributed by atoms with Crippen LogP contribution in [0.5, 0.6) is 5.75 Å². The first kappa shape index (κ1) is 19.8. The number of nitrogens with zero attached hydrogens (tertiary/aromatic N) is 2. The first-order chi connectivity index (χ1) is 13.1. The second-order valence-electron chi connectivity index (χ2n) is 7.35. The van der Waals surface area contributed by atoms with Gasteiger partial charge in [-0.1, -0.05) is 42.5 Å². The van der Waals surface area contributed by atoms with Crippen molar-refractivity contribution in [3.05, 3.63) is 65.7 Å². The van der Waals surface area contributed by atoms with Gasteiger partial charge in [-0.25, -0.2) is 0 Å². The van der Waals surface area contributed by atoms with Crippen molar-refractivity contribution in [2.75, 3.05) is 39.8 Å². The first-order valence-electron chi connectivity index (χ1n) is 9.69. The lowest BCUT2D eigenvalue weighted by Crippen LogP contribution is -2.51. The van der Waals surface area contributed by atoms with Gasteiger partial charge in [0.2, 0.25) is 0 Å². The number of nitrogens with two attached hydrogens (primary N) is 1. The number of hydrogen-bond acceptors (Lipinski definition) is 5. The van der Waals surface area contributed by atoms with E-state index in [4.69, 9.17) is 10.5 Å². The van der Waals surface area contributed by atoms with Crippen molar-refractivity contribution in [2.45, 2.75) is 25.1 Å². The Morgan fingerprint density at radius 2 is 1.56 bits per heavy atom. The maximum absolute atomic E-state index is 10.5. The molecule has 1 aliphatic heterocycles. The maximum Gasteiger partial charge on any atom is 0.118 e. The predicted octanol–water partition coefficient (Wildman–Crippen LogP) is 1.74. The van der Waals surface area contributed by atoms with Crippen LogP contribution < -0.4 is 10.5 Å². The molecule has 2 aromatic rings. The molecule has 1 fully saturated rings. The molecule has 5 nitrogen and oxygen atoms in total. The molecule has 3 N–H and O–H groups in total. The van der Waals surface area contributed by atoms with Crippen molar-refractivity contribution in [1.29, 1.82) is 0 Å². The summed E-state index contributed by atoms with van der Waals surface area (Å²) in [6, 6.07) is 18.2. The summed E-state index contributed by atoms with van der Waals surface area (Å²) < 4.78 is 5.21. The number of aliphatic hydroxyl groups is 1. The van der Waals surface area contributed by atoms with E-state index in [2.05, 4.69) is 34.1 Å². The van der Waals surface area contributed by atoms with Gasteiger partial charge in [-0.15, -0.1) is 0 Å².